The zero-order valence-electron chi connectivity index (χ0n) is 23.6. The van der Waals surface area contributed by atoms with Crippen molar-refractivity contribution in [2.24, 2.45) is 0 Å². The second-order valence-electron chi connectivity index (χ2n) is 10.3. The van der Waals surface area contributed by atoms with Crippen LogP contribution in [0.4, 0.5) is 18.0 Å². The summed E-state index contributed by atoms with van der Waals surface area (Å²) in [4.78, 5) is 38.7. The molecule has 0 saturated carbocycles. The number of hydrogen-bond acceptors (Lipinski definition) is 8. The SMILES string of the molecule is C[C@@H](N1CNn2ccc(=O)c(OC(=O)OC3CCOCC3)c2C1=O)C(F)(F)F.Clc1cccc2c1CSc1ccccc1C2. The van der Waals surface area contributed by atoms with E-state index in [0.29, 0.717) is 31.0 Å². The van der Waals surface area contributed by atoms with Gasteiger partial charge in [0.15, 0.2) is 5.69 Å². The number of pyridine rings is 1. The molecule has 1 saturated heterocycles. The zero-order chi connectivity index (χ0) is 31.4. The van der Waals surface area contributed by atoms with Crippen LogP contribution in [0.3, 0.4) is 0 Å². The topological polar surface area (TPSA) is 99.1 Å². The highest BCUT2D eigenvalue weighted by Gasteiger charge is 2.45. The first kappa shape index (κ1) is 31.7. The predicted octanol–water partition coefficient (Wildman–Crippen LogP) is 5.99. The van der Waals surface area contributed by atoms with Gasteiger partial charge in [0.1, 0.15) is 18.8 Å². The van der Waals surface area contributed by atoms with Crippen molar-refractivity contribution in [1.29, 1.82) is 0 Å². The van der Waals surface area contributed by atoms with E-state index in [9.17, 15) is 27.6 Å². The van der Waals surface area contributed by atoms with Crippen molar-refractivity contribution in [3.8, 4) is 5.75 Å². The van der Waals surface area contributed by atoms with Gasteiger partial charge in [-0.05, 0) is 42.2 Å². The lowest BCUT2D eigenvalue weighted by atomic mass is 10.0. The molecule has 44 heavy (non-hydrogen) atoms. The average molecular weight is 652 g/mol. The first-order valence-electron chi connectivity index (χ1n) is 13.8. The van der Waals surface area contributed by atoms with Crippen molar-refractivity contribution in [1.82, 2.24) is 9.58 Å². The quantitative estimate of drug-likeness (QED) is 0.345. The third-order valence-electron chi connectivity index (χ3n) is 7.43. The Morgan fingerprint density at radius 1 is 1.09 bits per heavy atom. The summed E-state index contributed by atoms with van der Waals surface area (Å²) in [6.45, 7) is 1.17. The number of carbonyl (C=O) groups excluding carboxylic acids is 2. The summed E-state index contributed by atoms with van der Waals surface area (Å²) >= 11 is 8.13. The van der Waals surface area contributed by atoms with Crippen LogP contribution in [0, 0.1) is 0 Å². The minimum atomic E-state index is -4.67. The van der Waals surface area contributed by atoms with E-state index >= 15 is 0 Å². The van der Waals surface area contributed by atoms with Gasteiger partial charge in [0.25, 0.3) is 5.91 Å². The largest absolute Gasteiger partial charge is 0.514 e. The van der Waals surface area contributed by atoms with E-state index in [1.807, 2.05) is 23.9 Å². The molecule has 3 aromatic rings. The molecule has 4 heterocycles. The number of hydrogen-bond donors (Lipinski definition) is 1. The number of ether oxygens (including phenoxy) is 3. The van der Waals surface area contributed by atoms with Gasteiger partial charge in [-0.3, -0.25) is 14.3 Å². The molecule has 3 aliphatic rings. The van der Waals surface area contributed by atoms with E-state index in [1.165, 1.54) is 27.8 Å². The number of halogens is 4. The molecule has 0 spiro atoms. The Labute approximate surface area is 260 Å². The number of fused-ring (bicyclic) bond motifs is 3. The molecule has 1 N–H and O–H groups in total. The number of amides is 1. The summed E-state index contributed by atoms with van der Waals surface area (Å²) in [7, 11) is 0. The first-order chi connectivity index (χ1) is 21.0. The Kier molecular flexibility index (Phi) is 9.76. The molecule has 2 aromatic carbocycles. The predicted molar refractivity (Wildman–Crippen MR) is 158 cm³/mol. The second kappa shape index (κ2) is 13.5. The fraction of sp³-hybridized carbons (Fsp3) is 0.367. The van der Waals surface area contributed by atoms with Crippen LogP contribution in [0.25, 0.3) is 0 Å². The lowest BCUT2D eigenvalue weighted by molar-refractivity contribution is -0.172. The molecule has 1 atom stereocenters. The van der Waals surface area contributed by atoms with Crippen molar-refractivity contribution in [3.63, 3.8) is 0 Å². The smallest absolute Gasteiger partial charge is 0.430 e. The van der Waals surface area contributed by atoms with Gasteiger partial charge in [-0.25, -0.2) is 4.79 Å². The van der Waals surface area contributed by atoms with Gasteiger partial charge in [-0.1, -0.05) is 41.9 Å². The molecule has 1 fully saturated rings. The number of rotatable bonds is 3. The average Bonchev–Trinajstić information content (AvgIpc) is 3.19. The normalized spacial score (nSPS) is 17.0. The number of alkyl halides is 3. The van der Waals surface area contributed by atoms with Gasteiger partial charge < -0.3 is 24.5 Å². The van der Waals surface area contributed by atoms with Crippen molar-refractivity contribution < 1.29 is 37.0 Å². The Morgan fingerprint density at radius 2 is 1.82 bits per heavy atom. The van der Waals surface area contributed by atoms with Crippen molar-refractivity contribution in [2.75, 3.05) is 25.3 Å². The molecule has 0 unspecified atom stereocenters. The number of benzene rings is 2. The number of carbonyl (C=O) groups is 2. The third-order valence-corrected chi connectivity index (χ3v) is 8.93. The number of nitrogens with one attached hydrogen (secondary N) is 1. The molecule has 9 nitrogen and oxygen atoms in total. The first-order valence-corrected chi connectivity index (χ1v) is 15.2. The van der Waals surface area contributed by atoms with Gasteiger partial charge in [0.2, 0.25) is 11.2 Å². The van der Waals surface area contributed by atoms with Gasteiger partial charge in [0.05, 0.1) is 13.2 Å². The molecule has 0 aliphatic carbocycles. The second-order valence-corrected chi connectivity index (χ2v) is 11.7. The van der Waals surface area contributed by atoms with Gasteiger partial charge in [-0.2, -0.15) is 13.2 Å². The maximum atomic E-state index is 13.0. The molecule has 6 rings (SSSR count). The molecule has 234 valence electrons. The van der Waals surface area contributed by atoms with Crippen LogP contribution < -0.4 is 15.6 Å². The van der Waals surface area contributed by atoms with Crippen LogP contribution in [0.1, 0.15) is 46.9 Å². The lowest BCUT2D eigenvalue weighted by Crippen LogP contribution is -2.54. The Bertz CT molecular complexity index is 1590. The van der Waals surface area contributed by atoms with Crippen molar-refractivity contribution in [2.45, 2.75) is 55.2 Å². The molecule has 1 amide bonds. The maximum Gasteiger partial charge on any atom is 0.514 e. The Hall–Kier alpha value is -3.68. The van der Waals surface area contributed by atoms with Crippen LogP contribution in [0.5, 0.6) is 5.75 Å². The summed E-state index contributed by atoms with van der Waals surface area (Å²) in [6.07, 6.45) is -3.30. The Balaban J connectivity index is 0.000000201. The summed E-state index contributed by atoms with van der Waals surface area (Å²) in [5, 5.41) is 0.901. The standard InChI is InChI=1S/C16H18F3N3O6.C14H11ClS/c1-9(16(17,18)19)21-8-20-22-5-2-11(23)13(12(22)14(21)24)28-15(25)27-10-3-6-26-7-4-10;15-13-6-3-5-10-8-11-4-1-2-7-14(11)16-9-12(10)13/h2,5,9-10,20H,3-4,6-8H2,1H3;1-7H,8-9H2/t9-;/m1./s1. The van der Waals surface area contributed by atoms with E-state index in [0.717, 1.165) is 34.9 Å². The molecule has 0 radical (unpaired) electrons. The van der Waals surface area contributed by atoms with E-state index in [1.54, 1.807) is 0 Å². The van der Waals surface area contributed by atoms with E-state index in [-0.39, 0.29) is 0 Å². The van der Waals surface area contributed by atoms with Crippen LogP contribution in [-0.2, 0) is 21.6 Å². The van der Waals surface area contributed by atoms with Crippen LogP contribution in [0.15, 0.2) is 64.4 Å². The van der Waals surface area contributed by atoms with Crippen LogP contribution in [0.2, 0.25) is 5.02 Å². The monoisotopic (exact) mass is 651 g/mol. The van der Waals surface area contributed by atoms with Crippen LogP contribution >= 0.6 is 23.4 Å². The highest BCUT2D eigenvalue weighted by molar-refractivity contribution is 7.98. The van der Waals surface area contributed by atoms with Crippen molar-refractivity contribution >= 4 is 35.4 Å². The van der Waals surface area contributed by atoms with Crippen molar-refractivity contribution in [3.05, 3.63) is 92.4 Å². The highest BCUT2D eigenvalue weighted by Crippen LogP contribution is 2.36. The number of aromatic nitrogens is 1. The molecule has 0 bridgehead atoms. The maximum absolute atomic E-state index is 13.0. The fourth-order valence-electron chi connectivity index (χ4n) is 4.91. The molecule has 14 heteroatoms. The minimum absolute atomic E-state index is 0.397. The lowest BCUT2D eigenvalue weighted by Gasteiger charge is -2.36. The highest BCUT2D eigenvalue weighted by atomic mass is 35.5. The molecular weight excluding hydrogens is 623 g/mol. The van der Waals surface area contributed by atoms with Gasteiger partial charge in [0, 0.05) is 40.8 Å². The van der Waals surface area contributed by atoms with E-state index in [4.69, 9.17) is 25.8 Å². The van der Waals surface area contributed by atoms with Gasteiger partial charge >= 0.3 is 12.3 Å². The third kappa shape index (κ3) is 7.16. The van der Waals surface area contributed by atoms with E-state index in [2.05, 4.69) is 35.8 Å². The molecule has 3 aliphatic heterocycles. The Morgan fingerprint density at radius 3 is 2.57 bits per heavy atom. The number of thioether (sulfide) groups is 1. The van der Waals surface area contributed by atoms with Gasteiger partial charge in [-0.15, -0.1) is 11.8 Å². The number of nitrogens with zero attached hydrogens (tertiary/aromatic N) is 2. The molecular formula is C30H29ClF3N3O6S. The molecule has 1 aromatic heterocycles. The van der Waals surface area contributed by atoms with Crippen LogP contribution in [-0.4, -0.2) is 59.8 Å². The summed E-state index contributed by atoms with van der Waals surface area (Å²) < 4.78 is 55.3. The summed E-state index contributed by atoms with van der Waals surface area (Å²) in [5.41, 5.74) is 5.27. The minimum Gasteiger partial charge on any atom is -0.430 e. The summed E-state index contributed by atoms with van der Waals surface area (Å²) in [6, 6.07) is 13.7. The van der Waals surface area contributed by atoms with E-state index < -0.39 is 53.9 Å². The fourth-order valence-corrected chi connectivity index (χ4v) is 6.39. The summed E-state index contributed by atoms with van der Waals surface area (Å²) in [5.74, 6) is -0.822. The zero-order valence-corrected chi connectivity index (χ0v) is 25.1.